The normalized spacial score (nSPS) is 12.1. The van der Waals surface area contributed by atoms with E-state index in [4.69, 9.17) is 5.11 Å². The first kappa shape index (κ1) is 11.6. The van der Waals surface area contributed by atoms with E-state index in [1.54, 1.807) is 5.38 Å². The highest BCUT2D eigenvalue weighted by Crippen LogP contribution is 2.08. The highest BCUT2D eigenvalue weighted by Gasteiger charge is 2.14. The van der Waals surface area contributed by atoms with Gasteiger partial charge in [0.15, 0.2) is 0 Å². The number of thiazole rings is 1. The van der Waals surface area contributed by atoms with Crippen molar-refractivity contribution in [2.75, 3.05) is 0 Å². The van der Waals surface area contributed by atoms with Crippen molar-refractivity contribution in [3.05, 3.63) is 16.1 Å². The number of amides is 1. The Hall–Kier alpha value is -1.43. The molecule has 1 aromatic rings. The number of carbonyl (C=O) groups is 2. The van der Waals surface area contributed by atoms with E-state index in [0.29, 0.717) is 5.69 Å². The molecule has 0 saturated carbocycles. The van der Waals surface area contributed by atoms with Crippen LogP contribution < -0.4 is 5.32 Å². The monoisotopic (exact) mass is 228 g/mol. The van der Waals surface area contributed by atoms with E-state index in [1.807, 2.05) is 6.92 Å². The summed E-state index contributed by atoms with van der Waals surface area (Å²) in [5.41, 5.74) is 0.674. The second-order valence-corrected chi connectivity index (χ2v) is 4.22. The molecule has 0 radical (unpaired) electrons. The van der Waals surface area contributed by atoms with E-state index in [2.05, 4.69) is 10.3 Å². The summed E-state index contributed by atoms with van der Waals surface area (Å²) >= 11 is 1.46. The molecule has 0 fully saturated rings. The zero-order chi connectivity index (χ0) is 11.4. The summed E-state index contributed by atoms with van der Waals surface area (Å²) < 4.78 is 0. The predicted octanol–water partition coefficient (Wildman–Crippen LogP) is 0.583. The second-order valence-electron chi connectivity index (χ2n) is 3.16. The Morgan fingerprint density at radius 1 is 1.67 bits per heavy atom. The average Bonchev–Trinajstić information content (AvgIpc) is 2.50. The first-order chi connectivity index (χ1) is 6.99. The molecule has 0 saturated heterocycles. The molecular formula is C9H12N2O3S. The Morgan fingerprint density at radius 2 is 2.33 bits per heavy atom. The molecule has 0 spiro atoms. The van der Waals surface area contributed by atoms with Gasteiger partial charge in [0.1, 0.15) is 6.04 Å². The van der Waals surface area contributed by atoms with Gasteiger partial charge in [0.05, 0.1) is 17.1 Å². The van der Waals surface area contributed by atoms with Gasteiger partial charge in [-0.15, -0.1) is 11.3 Å². The molecule has 1 aromatic heterocycles. The van der Waals surface area contributed by atoms with E-state index < -0.39 is 12.0 Å². The van der Waals surface area contributed by atoms with Crippen LogP contribution in [-0.4, -0.2) is 28.0 Å². The third kappa shape index (κ3) is 3.67. The zero-order valence-corrected chi connectivity index (χ0v) is 9.30. The summed E-state index contributed by atoms with van der Waals surface area (Å²) in [7, 11) is 0. The van der Waals surface area contributed by atoms with E-state index in [9.17, 15) is 9.59 Å². The maximum Gasteiger partial charge on any atom is 0.325 e. The second kappa shape index (κ2) is 4.88. The van der Waals surface area contributed by atoms with E-state index in [0.717, 1.165) is 5.01 Å². The van der Waals surface area contributed by atoms with Gasteiger partial charge in [-0.25, -0.2) is 4.98 Å². The summed E-state index contributed by atoms with van der Waals surface area (Å²) in [6, 6.07) is -0.864. The number of carbonyl (C=O) groups excluding carboxylic acids is 1. The maximum atomic E-state index is 11.3. The van der Waals surface area contributed by atoms with Crippen LogP contribution in [-0.2, 0) is 16.0 Å². The van der Waals surface area contributed by atoms with Crippen molar-refractivity contribution in [1.29, 1.82) is 0 Å². The molecule has 6 heteroatoms. The van der Waals surface area contributed by atoms with Gasteiger partial charge in [0.2, 0.25) is 5.91 Å². The number of aryl methyl sites for hydroxylation is 1. The molecule has 82 valence electrons. The van der Waals surface area contributed by atoms with Gasteiger partial charge < -0.3 is 10.4 Å². The van der Waals surface area contributed by atoms with Crippen molar-refractivity contribution < 1.29 is 14.7 Å². The third-order valence-corrected chi connectivity index (χ3v) is 2.58. The van der Waals surface area contributed by atoms with Gasteiger partial charge in [-0.2, -0.15) is 0 Å². The summed E-state index contributed by atoms with van der Waals surface area (Å²) in [5.74, 6) is -1.37. The Labute approximate surface area is 91.1 Å². The summed E-state index contributed by atoms with van der Waals surface area (Å²) in [6.07, 6.45) is 0.127. The van der Waals surface area contributed by atoms with Crippen LogP contribution >= 0.6 is 11.3 Å². The molecule has 5 nitrogen and oxygen atoms in total. The molecule has 0 aromatic carbocycles. The van der Waals surface area contributed by atoms with Gasteiger partial charge in [0.25, 0.3) is 0 Å². The van der Waals surface area contributed by atoms with Crippen LogP contribution in [0.4, 0.5) is 0 Å². The molecule has 0 bridgehead atoms. The lowest BCUT2D eigenvalue weighted by Gasteiger charge is -2.07. The Balaban J connectivity index is 2.46. The lowest BCUT2D eigenvalue weighted by Crippen LogP contribution is -2.39. The van der Waals surface area contributed by atoms with Gasteiger partial charge in [-0.1, -0.05) is 0 Å². The summed E-state index contributed by atoms with van der Waals surface area (Å²) in [6.45, 7) is 3.28. The number of aromatic nitrogens is 1. The highest BCUT2D eigenvalue weighted by atomic mass is 32.1. The number of hydrogen-bond donors (Lipinski definition) is 2. The maximum absolute atomic E-state index is 11.3. The first-order valence-corrected chi connectivity index (χ1v) is 5.30. The minimum atomic E-state index is -1.04. The molecule has 15 heavy (non-hydrogen) atoms. The third-order valence-electron chi connectivity index (χ3n) is 1.76. The van der Waals surface area contributed by atoms with Crippen molar-refractivity contribution in [2.45, 2.75) is 26.3 Å². The quantitative estimate of drug-likeness (QED) is 0.790. The molecule has 1 atom stereocenters. The zero-order valence-electron chi connectivity index (χ0n) is 8.48. The molecular weight excluding hydrogens is 216 g/mol. The lowest BCUT2D eigenvalue weighted by molar-refractivity contribution is -0.141. The van der Waals surface area contributed by atoms with Crippen LogP contribution in [0.25, 0.3) is 0 Å². The smallest absolute Gasteiger partial charge is 0.325 e. The topological polar surface area (TPSA) is 79.3 Å². The van der Waals surface area contributed by atoms with Crippen LogP contribution in [0.1, 0.15) is 17.6 Å². The van der Waals surface area contributed by atoms with E-state index >= 15 is 0 Å². The summed E-state index contributed by atoms with van der Waals surface area (Å²) in [4.78, 5) is 25.9. The number of aliphatic carboxylic acids is 1. The van der Waals surface area contributed by atoms with Gasteiger partial charge in [0, 0.05) is 5.38 Å². The number of hydrogen-bond acceptors (Lipinski definition) is 4. The predicted molar refractivity (Wildman–Crippen MR) is 55.8 cm³/mol. The molecule has 2 N–H and O–H groups in total. The number of nitrogens with zero attached hydrogens (tertiary/aromatic N) is 1. The standard InChI is InChI=1S/C9H12N2O3S/c1-5(9(13)14)10-8(12)3-7-4-15-6(2)11-7/h4-5H,3H2,1-2H3,(H,10,12)(H,13,14). The highest BCUT2D eigenvalue weighted by molar-refractivity contribution is 7.09. The molecule has 1 unspecified atom stereocenters. The van der Waals surface area contributed by atoms with Crippen LogP contribution in [0.2, 0.25) is 0 Å². The number of rotatable bonds is 4. The first-order valence-electron chi connectivity index (χ1n) is 4.42. The lowest BCUT2D eigenvalue weighted by atomic mass is 10.3. The fourth-order valence-electron chi connectivity index (χ4n) is 1.01. The van der Waals surface area contributed by atoms with Crippen LogP contribution in [0, 0.1) is 6.92 Å². The van der Waals surface area contributed by atoms with Gasteiger partial charge >= 0.3 is 5.97 Å². The summed E-state index contributed by atoms with van der Waals surface area (Å²) in [5, 5.41) is 13.6. The number of nitrogens with one attached hydrogen (secondary N) is 1. The average molecular weight is 228 g/mol. The molecule has 1 rings (SSSR count). The van der Waals surface area contributed by atoms with Gasteiger partial charge in [-0.05, 0) is 13.8 Å². The van der Waals surface area contributed by atoms with Crippen molar-refractivity contribution in [3.63, 3.8) is 0 Å². The fourth-order valence-corrected chi connectivity index (χ4v) is 1.62. The molecule has 0 aliphatic carbocycles. The molecule has 1 heterocycles. The Kier molecular flexibility index (Phi) is 3.79. The van der Waals surface area contributed by atoms with Crippen molar-refractivity contribution in [1.82, 2.24) is 10.3 Å². The van der Waals surface area contributed by atoms with Crippen LogP contribution in [0.15, 0.2) is 5.38 Å². The Morgan fingerprint density at radius 3 is 2.80 bits per heavy atom. The molecule has 1 amide bonds. The minimum Gasteiger partial charge on any atom is -0.480 e. The van der Waals surface area contributed by atoms with Crippen molar-refractivity contribution in [2.24, 2.45) is 0 Å². The van der Waals surface area contributed by atoms with E-state index in [-0.39, 0.29) is 12.3 Å². The van der Waals surface area contributed by atoms with Gasteiger partial charge in [-0.3, -0.25) is 9.59 Å². The Bertz CT molecular complexity index is 375. The van der Waals surface area contributed by atoms with Crippen LogP contribution in [0.5, 0.6) is 0 Å². The fraction of sp³-hybridized carbons (Fsp3) is 0.444. The molecule has 0 aliphatic heterocycles. The molecule has 0 aliphatic rings. The van der Waals surface area contributed by atoms with E-state index in [1.165, 1.54) is 18.3 Å². The number of carboxylic acid groups (broad SMARTS) is 1. The van der Waals surface area contributed by atoms with Crippen molar-refractivity contribution >= 4 is 23.2 Å². The number of carboxylic acids is 1. The van der Waals surface area contributed by atoms with Crippen LogP contribution in [0.3, 0.4) is 0 Å². The van der Waals surface area contributed by atoms with Crippen molar-refractivity contribution in [3.8, 4) is 0 Å². The minimum absolute atomic E-state index is 0.127. The SMILES string of the molecule is Cc1nc(CC(=O)NC(C)C(=O)O)cs1. The largest absolute Gasteiger partial charge is 0.480 e.